The van der Waals surface area contributed by atoms with Crippen LogP contribution < -0.4 is 0 Å². The van der Waals surface area contributed by atoms with E-state index in [-0.39, 0.29) is 47.8 Å². The number of fused-ring (bicyclic) bond motifs is 5. The van der Waals surface area contributed by atoms with Crippen LogP contribution in [0.2, 0.25) is 0 Å². The summed E-state index contributed by atoms with van der Waals surface area (Å²) in [6, 6.07) is 0. The van der Waals surface area contributed by atoms with E-state index in [1.54, 1.807) is 34.1 Å². The molecule has 0 aromatic carbocycles. The Morgan fingerprint density at radius 2 is 1.29 bits per heavy atom. The lowest BCUT2D eigenvalue weighted by atomic mass is 9.45. The van der Waals surface area contributed by atoms with Crippen LogP contribution in [0.4, 0.5) is 0 Å². The molecule has 7 fully saturated rings. The number of carbonyl (C=O) groups excluding carboxylic acids is 1. The molecule has 3 saturated carbocycles. The van der Waals surface area contributed by atoms with E-state index in [2.05, 4.69) is 13.0 Å². The van der Waals surface area contributed by atoms with Crippen molar-refractivity contribution in [2.75, 3.05) is 27.9 Å². The number of esters is 1. The molecule has 6 N–H and O–H groups in total. The lowest BCUT2D eigenvalue weighted by molar-refractivity contribution is -0.357. The van der Waals surface area contributed by atoms with Crippen LogP contribution in [0.3, 0.4) is 0 Å². The zero-order chi connectivity index (χ0) is 52.2. The van der Waals surface area contributed by atoms with Crippen LogP contribution in [0, 0.1) is 28.6 Å². The van der Waals surface area contributed by atoms with E-state index in [1.807, 2.05) is 34.6 Å². The average Bonchev–Trinajstić information content (AvgIpc) is 3.65. The van der Waals surface area contributed by atoms with E-state index >= 15 is 0 Å². The Kier molecular flexibility index (Phi) is 17.8. The van der Waals surface area contributed by atoms with E-state index in [1.165, 1.54) is 12.7 Å². The third-order valence-electron chi connectivity index (χ3n) is 18.9. The van der Waals surface area contributed by atoms with Crippen molar-refractivity contribution in [1.29, 1.82) is 0 Å². The van der Waals surface area contributed by atoms with Gasteiger partial charge in [-0.3, -0.25) is 0 Å². The van der Waals surface area contributed by atoms with E-state index < -0.39 is 128 Å². The van der Waals surface area contributed by atoms with E-state index in [0.29, 0.717) is 37.7 Å². The highest BCUT2D eigenvalue weighted by atomic mass is 16.8. The standard InChI is InChI=1S/C53H86O19/c1-12-25(2)49(59)67-26(3)32-16-18-53(60)33-14-13-30-19-31(15-17-51(30,7)34(33)20-39(55)52(32,53)8)68-40-21-35(61-9)46(27(4)64-40)70-41-22-36(62-10)47(28(5)65-41)71-42-23-37(63-11)48(29(6)66-42)72-50-45(58)44(57)43(56)38(24-54)69-50/h12-13,26-29,31-48,50,54-58,60H,14-24H2,1-11H3/b25-12+/t26-,27-,28-,29-,31+,32-,33-,34+,35+,36+,37-,38-,39-,40+,41+,42+,43-,44+,45-,46-,47-,48-,50+,51+,52+,53+/m1/s1. The second-order valence-electron chi connectivity index (χ2n) is 22.6. The van der Waals surface area contributed by atoms with Crippen LogP contribution in [0.1, 0.15) is 120 Å². The van der Waals surface area contributed by atoms with Gasteiger partial charge in [-0.1, -0.05) is 31.6 Å². The summed E-state index contributed by atoms with van der Waals surface area (Å²) < 4.78 is 74.6. The van der Waals surface area contributed by atoms with Gasteiger partial charge in [-0.05, 0) is 104 Å². The Morgan fingerprint density at radius 3 is 1.82 bits per heavy atom. The normalized spacial score (nSPS) is 50.3. The van der Waals surface area contributed by atoms with Gasteiger partial charge in [-0.15, -0.1) is 0 Å². The molecule has 0 aromatic heterocycles. The molecule has 0 unspecified atom stereocenters. The number of rotatable bonds is 15. The molecule has 0 aromatic rings. The first-order chi connectivity index (χ1) is 34.1. The van der Waals surface area contributed by atoms with E-state index in [0.717, 1.165) is 25.7 Å². The first kappa shape index (κ1) is 56.5. The number of carbonyl (C=O) groups is 1. The van der Waals surface area contributed by atoms with Gasteiger partial charge in [0.2, 0.25) is 0 Å². The second kappa shape index (κ2) is 22.7. The summed E-state index contributed by atoms with van der Waals surface area (Å²) in [5, 5.41) is 65.6. The SMILES string of the molecule is C/C=C(\C)C(=O)O[C@H](C)[C@H]1CC[C@]2(O)[C@@H]3CC=C4C[C@@H](O[C@H]5C[C@H](OC)[C@H](O[C@H]6C[C@H](OC)[C@H](O[C@H]7C[C@@H](OC)[C@H](O[C@@H]8O[C@H](CO)[C@@H](O)[C@H](O)[C@H]8O)[C@@H](C)O7)[C@@H](C)O6)[C@@H](C)O5)CC[C@]4(C)[C@H]3C[C@@H](O)[C@]12C. The molecule has 26 atom stereocenters. The molecule has 4 saturated heterocycles. The van der Waals surface area contributed by atoms with Crippen LogP contribution >= 0.6 is 0 Å². The third-order valence-corrected chi connectivity index (χ3v) is 18.9. The van der Waals surface area contributed by atoms with Crippen molar-refractivity contribution in [2.45, 2.75) is 248 Å². The first-order valence-corrected chi connectivity index (χ1v) is 26.6. The van der Waals surface area contributed by atoms with Crippen molar-refractivity contribution in [1.82, 2.24) is 0 Å². The van der Waals surface area contributed by atoms with Crippen LogP contribution in [-0.4, -0.2) is 193 Å². The summed E-state index contributed by atoms with van der Waals surface area (Å²) in [7, 11) is 4.80. The van der Waals surface area contributed by atoms with Gasteiger partial charge in [-0.2, -0.15) is 0 Å². The minimum atomic E-state index is -1.59. The lowest BCUT2D eigenvalue weighted by Crippen LogP contribution is -2.66. The Hall–Kier alpha value is -1.73. The number of aliphatic hydroxyl groups excluding tert-OH is 5. The van der Waals surface area contributed by atoms with Crippen LogP contribution in [0.15, 0.2) is 23.3 Å². The first-order valence-electron chi connectivity index (χ1n) is 26.6. The molecule has 4 heterocycles. The van der Waals surface area contributed by atoms with Gasteiger partial charge in [-0.25, -0.2) is 4.79 Å². The Bertz CT molecular complexity index is 1900. The molecule has 4 aliphatic carbocycles. The smallest absolute Gasteiger partial charge is 0.333 e. The summed E-state index contributed by atoms with van der Waals surface area (Å²) >= 11 is 0. The minimum absolute atomic E-state index is 0.0248. The van der Waals surface area contributed by atoms with Crippen molar-refractivity contribution in [3.05, 3.63) is 23.3 Å². The summed E-state index contributed by atoms with van der Waals surface area (Å²) in [4.78, 5) is 12.8. The second-order valence-corrected chi connectivity index (χ2v) is 22.6. The van der Waals surface area contributed by atoms with Crippen molar-refractivity contribution in [3.63, 3.8) is 0 Å². The predicted molar refractivity (Wildman–Crippen MR) is 256 cm³/mol. The Labute approximate surface area is 425 Å². The third kappa shape index (κ3) is 10.4. The summed E-state index contributed by atoms with van der Waals surface area (Å²) in [6.45, 7) is 14.8. The summed E-state index contributed by atoms with van der Waals surface area (Å²) in [6.07, 6.45) is -4.98. The number of hydrogen-bond acceptors (Lipinski definition) is 19. The number of allylic oxidation sites excluding steroid dienone is 2. The number of ether oxygens (including phenoxy) is 12. The van der Waals surface area contributed by atoms with Gasteiger partial charge in [0.25, 0.3) is 0 Å². The molecule has 8 rings (SSSR count). The van der Waals surface area contributed by atoms with Crippen molar-refractivity contribution in [3.8, 4) is 0 Å². The number of aliphatic hydroxyl groups is 6. The quantitative estimate of drug-likeness (QED) is 0.0782. The Balaban J connectivity index is 0.837. The van der Waals surface area contributed by atoms with Crippen molar-refractivity contribution in [2.24, 2.45) is 28.6 Å². The predicted octanol–water partition coefficient (Wildman–Crippen LogP) is 3.34. The Morgan fingerprint density at radius 1 is 0.750 bits per heavy atom. The lowest BCUT2D eigenvalue weighted by Gasteiger charge is -2.63. The average molecular weight is 1030 g/mol. The van der Waals surface area contributed by atoms with Gasteiger partial charge < -0.3 is 87.5 Å². The fourth-order valence-electron chi connectivity index (χ4n) is 14.4. The number of methoxy groups -OCH3 is 3. The molecule has 19 heteroatoms. The molecular weight excluding hydrogens is 941 g/mol. The topological polar surface area (TPSA) is 249 Å². The molecule has 4 aliphatic heterocycles. The summed E-state index contributed by atoms with van der Waals surface area (Å²) in [5.41, 5.74) is -0.256. The van der Waals surface area contributed by atoms with E-state index in [4.69, 9.17) is 56.8 Å². The minimum Gasteiger partial charge on any atom is -0.459 e. The zero-order valence-corrected chi connectivity index (χ0v) is 44.2. The maximum atomic E-state index is 12.8. The van der Waals surface area contributed by atoms with Gasteiger partial charge in [0.1, 0.15) is 48.8 Å². The van der Waals surface area contributed by atoms with Crippen LogP contribution in [0.5, 0.6) is 0 Å². The molecule has 412 valence electrons. The molecular formula is C53H86O19. The number of hydrogen-bond donors (Lipinski definition) is 6. The van der Waals surface area contributed by atoms with Gasteiger partial charge >= 0.3 is 5.97 Å². The van der Waals surface area contributed by atoms with Crippen LogP contribution in [0.25, 0.3) is 0 Å². The molecule has 0 radical (unpaired) electrons. The molecule has 8 aliphatic rings. The fraction of sp³-hybridized carbons (Fsp3) is 0.906. The molecule has 0 spiro atoms. The molecule has 0 amide bonds. The highest BCUT2D eigenvalue weighted by molar-refractivity contribution is 5.87. The fourth-order valence-corrected chi connectivity index (χ4v) is 14.4. The maximum Gasteiger partial charge on any atom is 0.333 e. The van der Waals surface area contributed by atoms with Crippen molar-refractivity contribution >= 4 is 5.97 Å². The van der Waals surface area contributed by atoms with E-state index in [9.17, 15) is 35.4 Å². The van der Waals surface area contributed by atoms with Gasteiger partial charge in [0, 0.05) is 57.5 Å². The largest absolute Gasteiger partial charge is 0.459 e. The molecule has 0 bridgehead atoms. The zero-order valence-electron chi connectivity index (χ0n) is 44.2. The molecule has 19 nitrogen and oxygen atoms in total. The van der Waals surface area contributed by atoms with Crippen molar-refractivity contribution < 1.29 is 92.3 Å². The maximum absolute atomic E-state index is 12.8. The van der Waals surface area contributed by atoms with Gasteiger partial charge in [0.05, 0.1) is 61.0 Å². The summed E-state index contributed by atoms with van der Waals surface area (Å²) in [5.74, 6) is -0.459. The monoisotopic (exact) mass is 1030 g/mol. The highest BCUT2D eigenvalue weighted by Crippen LogP contribution is 2.68. The van der Waals surface area contributed by atoms with Gasteiger partial charge in [0.15, 0.2) is 25.2 Å². The highest BCUT2D eigenvalue weighted by Gasteiger charge is 2.70. The molecule has 72 heavy (non-hydrogen) atoms. The van der Waals surface area contributed by atoms with Crippen LogP contribution in [-0.2, 0) is 61.6 Å².